The van der Waals surface area contributed by atoms with E-state index in [1.807, 2.05) is 0 Å². The molecule has 1 aliphatic carbocycles. The summed E-state index contributed by atoms with van der Waals surface area (Å²) in [6.07, 6.45) is 4.92. The summed E-state index contributed by atoms with van der Waals surface area (Å²) in [5.41, 5.74) is 5.57. The second-order valence-corrected chi connectivity index (χ2v) is 3.91. The second-order valence-electron chi connectivity index (χ2n) is 3.91. The van der Waals surface area contributed by atoms with Crippen LogP contribution in [0.3, 0.4) is 0 Å². The Kier molecular flexibility index (Phi) is 2.39. The van der Waals surface area contributed by atoms with Crippen LogP contribution in [-0.2, 0) is 4.65 Å². The Hall–Kier alpha value is -0.0551. The van der Waals surface area contributed by atoms with Gasteiger partial charge >= 0.3 is 7.12 Å². The first-order chi connectivity index (χ1) is 5.83. The first-order valence-electron chi connectivity index (χ1n) is 4.86. The van der Waals surface area contributed by atoms with Crippen molar-refractivity contribution in [1.29, 1.82) is 0 Å². The van der Waals surface area contributed by atoms with Crippen molar-refractivity contribution < 1.29 is 9.68 Å². The van der Waals surface area contributed by atoms with Crippen LogP contribution in [0, 0.1) is 5.92 Å². The smallest absolute Gasteiger partial charge is 0.427 e. The van der Waals surface area contributed by atoms with E-state index in [0.717, 1.165) is 6.42 Å². The highest BCUT2D eigenvalue weighted by Gasteiger charge is 2.47. The van der Waals surface area contributed by atoms with E-state index in [1.54, 1.807) is 0 Å². The second kappa shape index (κ2) is 3.36. The highest BCUT2D eigenvalue weighted by atomic mass is 16.5. The quantitative estimate of drug-likeness (QED) is 0.558. The third kappa shape index (κ3) is 1.28. The van der Waals surface area contributed by atoms with Gasteiger partial charge in [-0.1, -0.05) is 19.3 Å². The molecule has 2 fully saturated rings. The van der Waals surface area contributed by atoms with Crippen molar-refractivity contribution in [2.45, 2.75) is 37.6 Å². The zero-order valence-electron chi connectivity index (χ0n) is 7.28. The largest absolute Gasteiger partial charge is 0.458 e. The Bertz CT molecular complexity index is 167. The summed E-state index contributed by atoms with van der Waals surface area (Å²) in [7, 11) is -0.538. The fourth-order valence-corrected chi connectivity index (χ4v) is 2.62. The fourth-order valence-electron chi connectivity index (χ4n) is 2.62. The molecule has 3 atom stereocenters. The van der Waals surface area contributed by atoms with Crippen LogP contribution in [0.4, 0.5) is 0 Å². The molecule has 0 aromatic rings. The monoisotopic (exact) mass is 169 g/mol. The van der Waals surface area contributed by atoms with Gasteiger partial charge in [-0.3, -0.25) is 0 Å². The minimum absolute atomic E-state index is 0.116. The molecule has 0 radical (unpaired) electrons. The van der Waals surface area contributed by atoms with Crippen LogP contribution >= 0.6 is 0 Å². The highest BCUT2D eigenvalue weighted by molar-refractivity contribution is 6.45. The highest BCUT2D eigenvalue weighted by Crippen LogP contribution is 2.44. The first kappa shape index (κ1) is 8.54. The molecule has 0 aromatic heterocycles. The van der Waals surface area contributed by atoms with Crippen LogP contribution in [-0.4, -0.2) is 24.8 Å². The molecule has 1 heterocycles. The number of nitrogens with two attached hydrogens (primary N) is 1. The van der Waals surface area contributed by atoms with Gasteiger partial charge in [0.25, 0.3) is 0 Å². The average molecular weight is 169 g/mol. The number of hydrogen-bond acceptors (Lipinski definition) is 3. The predicted octanol–water partition coefficient (Wildman–Crippen LogP) is 0.385. The summed E-state index contributed by atoms with van der Waals surface area (Å²) in [5.74, 6) is 0.894. The molecule has 68 valence electrons. The molecule has 2 aliphatic rings. The Labute approximate surface area is 73.4 Å². The maximum atomic E-state index is 9.55. The summed E-state index contributed by atoms with van der Waals surface area (Å²) < 4.78 is 5.39. The molecule has 3 nitrogen and oxygen atoms in total. The third-order valence-corrected chi connectivity index (χ3v) is 3.27. The Morgan fingerprint density at radius 1 is 1.42 bits per heavy atom. The predicted molar refractivity (Wildman–Crippen MR) is 47.6 cm³/mol. The molecular weight excluding hydrogens is 153 g/mol. The van der Waals surface area contributed by atoms with Crippen LogP contribution in [0.25, 0.3) is 0 Å². The third-order valence-electron chi connectivity index (χ3n) is 3.27. The van der Waals surface area contributed by atoms with Gasteiger partial charge in [0.15, 0.2) is 0 Å². The van der Waals surface area contributed by atoms with E-state index < -0.39 is 7.12 Å². The van der Waals surface area contributed by atoms with Crippen molar-refractivity contribution in [2.75, 3.05) is 6.54 Å². The van der Waals surface area contributed by atoms with E-state index in [0.29, 0.717) is 18.3 Å². The van der Waals surface area contributed by atoms with Crippen LogP contribution in [0.1, 0.15) is 25.7 Å². The minimum Gasteiger partial charge on any atom is -0.427 e. The normalized spacial score (nSPS) is 41.5. The Morgan fingerprint density at radius 3 is 2.92 bits per heavy atom. The SMILES string of the molecule is NCC1OB(O)C2CCCCC12. The van der Waals surface area contributed by atoms with Crippen LogP contribution in [0.2, 0.25) is 5.82 Å². The summed E-state index contributed by atoms with van der Waals surface area (Å²) in [5, 5.41) is 9.55. The van der Waals surface area contributed by atoms with Gasteiger partial charge in [-0.25, -0.2) is 0 Å². The van der Waals surface area contributed by atoms with Crippen molar-refractivity contribution in [3.05, 3.63) is 0 Å². The summed E-state index contributed by atoms with van der Waals surface area (Å²) in [6.45, 7) is 0.554. The maximum Gasteiger partial charge on any atom is 0.458 e. The zero-order valence-corrected chi connectivity index (χ0v) is 7.28. The van der Waals surface area contributed by atoms with E-state index in [-0.39, 0.29) is 6.10 Å². The van der Waals surface area contributed by atoms with E-state index in [2.05, 4.69) is 0 Å². The topological polar surface area (TPSA) is 55.5 Å². The van der Waals surface area contributed by atoms with Gasteiger partial charge in [0.1, 0.15) is 0 Å². The van der Waals surface area contributed by atoms with E-state index in [4.69, 9.17) is 10.4 Å². The molecule has 0 spiro atoms. The van der Waals surface area contributed by atoms with Gasteiger partial charge in [0.05, 0.1) is 6.10 Å². The zero-order chi connectivity index (χ0) is 8.55. The molecule has 12 heavy (non-hydrogen) atoms. The molecule has 1 aliphatic heterocycles. The molecule has 1 saturated heterocycles. The Morgan fingerprint density at radius 2 is 2.17 bits per heavy atom. The lowest BCUT2D eigenvalue weighted by Gasteiger charge is -2.26. The molecule has 4 heteroatoms. The van der Waals surface area contributed by atoms with E-state index >= 15 is 0 Å². The first-order valence-corrected chi connectivity index (χ1v) is 4.86. The van der Waals surface area contributed by atoms with Gasteiger partial charge in [-0.2, -0.15) is 0 Å². The van der Waals surface area contributed by atoms with Gasteiger partial charge in [-0.15, -0.1) is 0 Å². The molecule has 2 rings (SSSR count). The van der Waals surface area contributed by atoms with E-state index in [9.17, 15) is 5.02 Å². The van der Waals surface area contributed by atoms with Gasteiger partial charge in [0.2, 0.25) is 0 Å². The number of hydrogen-bond donors (Lipinski definition) is 2. The van der Waals surface area contributed by atoms with Crippen LogP contribution < -0.4 is 5.73 Å². The number of fused-ring (bicyclic) bond motifs is 1. The standard InChI is InChI=1S/C8H16BNO2/c10-5-8-6-3-1-2-4-7(6)9(11)12-8/h6-8,11H,1-5,10H2. The summed E-state index contributed by atoms with van der Waals surface area (Å²) >= 11 is 0. The Balaban J connectivity index is 2.05. The lowest BCUT2D eigenvalue weighted by atomic mass is 9.62. The van der Waals surface area contributed by atoms with Crippen LogP contribution in [0.15, 0.2) is 0 Å². The molecule has 0 aromatic carbocycles. The van der Waals surface area contributed by atoms with Crippen molar-refractivity contribution in [3.63, 3.8) is 0 Å². The average Bonchev–Trinajstić information content (AvgIpc) is 2.44. The van der Waals surface area contributed by atoms with Crippen molar-refractivity contribution >= 4 is 7.12 Å². The molecule has 1 saturated carbocycles. The lowest BCUT2D eigenvalue weighted by molar-refractivity contribution is 0.155. The number of rotatable bonds is 1. The molecule has 3 unspecified atom stereocenters. The summed E-state index contributed by atoms with van der Waals surface area (Å²) in [6, 6.07) is 0. The van der Waals surface area contributed by atoms with Crippen LogP contribution in [0.5, 0.6) is 0 Å². The fraction of sp³-hybridized carbons (Fsp3) is 1.00. The molecular formula is C8H16BNO2. The van der Waals surface area contributed by atoms with Gasteiger partial charge in [-0.05, 0) is 18.2 Å². The van der Waals surface area contributed by atoms with Crippen molar-refractivity contribution in [1.82, 2.24) is 0 Å². The van der Waals surface area contributed by atoms with Crippen molar-refractivity contribution in [3.8, 4) is 0 Å². The van der Waals surface area contributed by atoms with Crippen molar-refractivity contribution in [2.24, 2.45) is 11.7 Å². The summed E-state index contributed by atoms with van der Waals surface area (Å²) in [4.78, 5) is 0. The van der Waals surface area contributed by atoms with Gasteiger partial charge in [0, 0.05) is 6.54 Å². The lowest BCUT2D eigenvalue weighted by Crippen LogP contribution is -2.28. The molecule has 3 N–H and O–H groups in total. The molecule has 0 bridgehead atoms. The van der Waals surface area contributed by atoms with E-state index in [1.165, 1.54) is 19.3 Å². The molecule has 0 amide bonds. The van der Waals surface area contributed by atoms with Gasteiger partial charge < -0.3 is 15.4 Å². The minimum atomic E-state index is -0.538. The maximum absolute atomic E-state index is 9.55.